The molecule has 3 unspecified atom stereocenters. The van der Waals surface area contributed by atoms with Gasteiger partial charge in [0.15, 0.2) is 6.29 Å². The van der Waals surface area contributed by atoms with Crippen molar-refractivity contribution in [1.29, 1.82) is 0 Å². The van der Waals surface area contributed by atoms with Crippen LogP contribution in [0.1, 0.15) is 132 Å². The fraction of sp³-hybridized carbons (Fsp3) is 0.552. The minimum atomic E-state index is -0.614. The second-order valence-corrected chi connectivity index (χ2v) is 14.1. The lowest BCUT2D eigenvalue weighted by molar-refractivity contribution is -0.119. The molecule has 15 heteroatoms. The van der Waals surface area contributed by atoms with E-state index in [1.54, 1.807) is 13.8 Å². The van der Waals surface area contributed by atoms with E-state index >= 15 is 0 Å². The van der Waals surface area contributed by atoms with Crippen molar-refractivity contribution in [3.05, 3.63) is 46.7 Å². The van der Waals surface area contributed by atoms with Crippen molar-refractivity contribution in [2.45, 2.75) is 91.3 Å². The monoisotopic (exact) mass is 662 g/mol. The number of aryl methyl sites for hydroxylation is 3. The Morgan fingerprint density at radius 2 is 1.34 bits per heavy atom. The SMILES string of the molecule is CC(=O)NC(CCCCN)c1nc(C)sc1C(=O)NC(C)c1nc(CCCCN)sc1C(=O)NC(C)c1nc(C)sc1C=O. The number of nitrogens with zero attached hydrogens (tertiary/aromatic N) is 3. The summed E-state index contributed by atoms with van der Waals surface area (Å²) in [5, 5.41) is 11.1. The summed E-state index contributed by atoms with van der Waals surface area (Å²) in [4.78, 5) is 65.8. The van der Waals surface area contributed by atoms with Crippen LogP contribution in [-0.4, -0.2) is 52.0 Å². The van der Waals surface area contributed by atoms with Crippen LogP contribution in [0.2, 0.25) is 0 Å². The molecule has 44 heavy (non-hydrogen) atoms. The van der Waals surface area contributed by atoms with Gasteiger partial charge in [0, 0.05) is 6.92 Å². The van der Waals surface area contributed by atoms with E-state index in [1.165, 1.54) is 40.9 Å². The predicted octanol–water partition coefficient (Wildman–Crippen LogP) is 4.06. The van der Waals surface area contributed by atoms with Crippen LogP contribution in [0, 0.1) is 13.8 Å². The Labute approximate surface area is 269 Å². The topological polar surface area (TPSA) is 195 Å². The molecule has 3 atom stereocenters. The van der Waals surface area contributed by atoms with E-state index in [9.17, 15) is 19.2 Å². The van der Waals surface area contributed by atoms with Gasteiger partial charge in [-0.05, 0) is 79.3 Å². The summed E-state index contributed by atoms with van der Waals surface area (Å²) < 4.78 is 0. The molecule has 0 saturated carbocycles. The molecular weight excluding hydrogens is 621 g/mol. The van der Waals surface area contributed by atoms with E-state index in [-0.39, 0.29) is 17.7 Å². The minimum absolute atomic E-state index is 0.212. The van der Waals surface area contributed by atoms with E-state index in [0.717, 1.165) is 42.0 Å². The molecule has 0 bridgehead atoms. The average molecular weight is 663 g/mol. The zero-order chi connectivity index (χ0) is 32.4. The fourth-order valence-corrected chi connectivity index (χ4v) is 7.56. The molecule has 0 aliphatic rings. The van der Waals surface area contributed by atoms with Crippen molar-refractivity contribution in [3.8, 4) is 0 Å². The summed E-state index contributed by atoms with van der Waals surface area (Å²) in [5.74, 6) is -0.937. The number of carbonyl (C=O) groups is 4. The van der Waals surface area contributed by atoms with Crippen LogP contribution in [0.15, 0.2) is 0 Å². The molecule has 0 spiro atoms. The smallest absolute Gasteiger partial charge is 0.263 e. The quantitative estimate of drug-likeness (QED) is 0.105. The third-order valence-electron chi connectivity index (χ3n) is 6.78. The van der Waals surface area contributed by atoms with Crippen LogP contribution in [0.25, 0.3) is 0 Å². The number of carbonyl (C=O) groups excluding carboxylic acids is 4. The van der Waals surface area contributed by atoms with Gasteiger partial charge in [0.05, 0.1) is 55.1 Å². The lowest BCUT2D eigenvalue weighted by Gasteiger charge is -2.19. The summed E-state index contributed by atoms with van der Waals surface area (Å²) in [5.41, 5.74) is 12.8. The number of aldehydes is 1. The lowest BCUT2D eigenvalue weighted by atomic mass is 10.0. The first-order valence-corrected chi connectivity index (χ1v) is 17.1. The third-order valence-corrected chi connectivity index (χ3v) is 9.81. The van der Waals surface area contributed by atoms with Crippen molar-refractivity contribution in [1.82, 2.24) is 30.9 Å². The van der Waals surface area contributed by atoms with Gasteiger partial charge in [-0.2, -0.15) is 0 Å². The summed E-state index contributed by atoms with van der Waals surface area (Å²) in [6.45, 7) is 9.72. The Morgan fingerprint density at radius 1 is 0.773 bits per heavy atom. The van der Waals surface area contributed by atoms with Gasteiger partial charge in [-0.15, -0.1) is 34.0 Å². The zero-order valence-electron chi connectivity index (χ0n) is 25.8. The molecule has 240 valence electrons. The van der Waals surface area contributed by atoms with Crippen molar-refractivity contribution < 1.29 is 19.2 Å². The van der Waals surface area contributed by atoms with Gasteiger partial charge in [-0.1, -0.05) is 0 Å². The molecule has 3 heterocycles. The van der Waals surface area contributed by atoms with E-state index in [0.29, 0.717) is 62.7 Å². The molecule has 0 aliphatic heterocycles. The Morgan fingerprint density at radius 3 is 1.95 bits per heavy atom. The molecule has 0 aromatic carbocycles. The zero-order valence-corrected chi connectivity index (χ0v) is 28.3. The van der Waals surface area contributed by atoms with E-state index in [2.05, 4.69) is 25.9 Å². The Bertz CT molecular complexity index is 1450. The van der Waals surface area contributed by atoms with Crippen molar-refractivity contribution >= 4 is 58.0 Å². The number of amides is 3. The number of thiazole rings is 3. The summed E-state index contributed by atoms with van der Waals surface area (Å²) in [6, 6.07) is -1.56. The van der Waals surface area contributed by atoms with Gasteiger partial charge in [-0.3, -0.25) is 19.2 Å². The first-order chi connectivity index (χ1) is 21.0. The van der Waals surface area contributed by atoms with Gasteiger partial charge >= 0.3 is 0 Å². The van der Waals surface area contributed by atoms with Gasteiger partial charge in [0.2, 0.25) is 5.91 Å². The van der Waals surface area contributed by atoms with E-state index in [1.807, 2.05) is 13.8 Å². The van der Waals surface area contributed by atoms with Gasteiger partial charge < -0.3 is 27.4 Å². The Balaban J connectivity index is 1.88. The van der Waals surface area contributed by atoms with Crippen LogP contribution >= 0.6 is 34.0 Å². The molecule has 0 fully saturated rings. The van der Waals surface area contributed by atoms with Gasteiger partial charge in [-0.25, -0.2) is 15.0 Å². The van der Waals surface area contributed by atoms with E-state index in [4.69, 9.17) is 16.5 Å². The minimum Gasteiger partial charge on any atom is -0.348 e. The maximum absolute atomic E-state index is 13.7. The van der Waals surface area contributed by atoms with Gasteiger partial charge in [0.1, 0.15) is 9.75 Å². The molecular formula is C29H42N8O4S3. The van der Waals surface area contributed by atoms with Crippen LogP contribution in [0.3, 0.4) is 0 Å². The number of nitrogens with two attached hydrogens (primary N) is 2. The van der Waals surface area contributed by atoms with Crippen LogP contribution in [-0.2, 0) is 11.2 Å². The molecule has 0 aliphatic carbocycles. The summed E-state index contributed by atoms with van der Waals surface area (Å²) in [6.07, 6.45) is 5.20. The average Bonchev–Trinajstić information content (AvgIpc) is 3.68. The summed E-state index contributed by atoms with van der Waals surface area (Å²) in [7, 11) is 0. The molecule has 0 saturated heterocycles. The van der Waals surface area contributed by atoms with Crippen molar-refractivity contribution in [2.75, 3.05) is 13.1 Å². The van der Waals surface area contributed by atoms with Crippen LogP contribution in [0.5, 0.6) is 0 Å². The van der Waals surface area contributed by atoms with Crippen molar-refractivity contribution in [3.63, 3.8) is 0 Å². The first kappa shape index (κ1) is 35.4. The van der Waals surface area contributed by atoms with Crippen LogP contribution in [0.4, 0.5) is 0 Å². The largest absolute Gasteiger partial charge is 0.348 e. The highest BCUT2D eigenvalue weighted by atomic mass is 32.1. The number of hydrogen-bond donors (Lipinski definition) is 5. The number of unbranched alkanes of at least 4 members (excludes halogenated alkanes) is 2. The highest BCUT2D eigenvalue weighted by Crippen LogP contribution is 2.30. The Kier molecular flexibility index (Phi) is 13.5. The Hall–Kier alpha value is -3.11. The van der Waals surface area contributed by atoms with Gasteiger partial charge in [0.25, 0.3) is 11.8 Å². The standard InChI is InChI=1S/C29H42N8O4S3/c1-15(23-21(14-38)42-18(4)35-23)32-28(40)26-24(37-22(44-26)11-7-9-13-31)16(2)33-29(41)27-25(36-19(5)43-27)20(34-17(3)39)10-6-8-12-30/h14-16,20H,6-13,30-31H2,1-5H3,(H,32,40)(H,33,41)(H,34,39). The first-order valence-electron chi connectivity index (χ1n) is 14.7. The maximum atomic E-state index is 13.7. The fourth-order valence-electron chi connectivity index (χ4n) is 4.73. The number of rotatable bonds is 17. The number of aromatic nitrogens is 3. The third kappa shape index (κ3) is 9.44. The van der Waals surface area contributed by atoms with E-state index < -0.39 is 18.1 Å². The molecule has 0 radical (unpaired) electrons. The highest BCUT2D eigenvalue weighted by molar-refractivity contribution is 7.14. The van der Waals surface area contributed by atoms with Crippen LogP contribution < -0.4 is 27.4 Å². The molecule has 3 amide bonds. The molecule has 12 nitrogen and oxygen atoms in total. The molecule has 3 rings (SSSR count). The summed E-state index contributed by atoms with van der Waals surface area (Å²) >= 11 is 3.81. The van der Waals surface area contributed by atoms with Crippen molar-refractivity contribution in [2.24, 2.45) is 11.5 Å². The molecule has 3 aromatic rings. The molecule has 3 aromatic heterocycles. The lowest BCUT2D eigenvalue weighted by Crippen LogP contribution is -2.32. The maximum Gasteiger partial charge on any atom is 0.263 e. The molecule has 7 N–H and O–H groups in total. The normalized spacial score (nSPS) is 13.2. The highest BCUT2D eigenvalue weighted by Gasteiger charge is 2.29. The number of hydrogen-bond acceptors (Lipinski definition) is 12. The predicted molar refractivity (Wildman–Crippen MR) is 174 cm³/mol. The second kappa shape index (κ2) is 16.8. The number of nitrogens with one attached hydrogen (secondary N) is 3. The second-order valence-electron chi connectivity index (χ2n) is 10.5.